The lowest BCUT2D eigenvalue weighted by Crippen LogP contribution is -2.63. The second kappa shape index (κ2) is 10.0. The molecule has 2 saturated heterocycles. The molecule has 1 saturated carbocycles. The van der Waals surface area contributed by atoms with Gasteiger partial charge in [-0.05, 0) is 32.0 Å². The zero-order valence-corrected chi connectivity index (χ0v) is 22.6. The highest BCUT2D eigenvalue weighted by Gasteiger charge is 2.35. The summed E-state index contributed by atoms with van der Waals surface area (Å²) in [7, 11) is 3.64. The summed E-state index contributed by atoms with van der Waals surface area (Å²) in [5, 5.41) is 30.7. The summed E-state index contributed by atoms with van der Waals surface area (Å²) in [6.45, 7) is 5.79. The number of hydrogen-bond donors (Lipinski definition) is 3. The van der Waals surface area contributed by atoms with Crippen LogP contribution in [0.3, 0.4) is 0 Å². The maximum absolute atomic E-state index is 11.8. The minimum Gasteiger partial charge on any atom is -0.465 e. The van der Waals surface area contributed by atoms with Gasteiger partial charge in [-0.15, -0.1) is 5.10 Å². The number of carboxylic acid groups (broad SMARTS) is 1. The highest BCUT2D eigenvalue weighted by Crippen LogP contribution is 2.41. The maximum atomic E-state index is 11.8. The van der Waals surface area contributed by atoms with E-state index >= 15 is 0 Å². The number of aromatic nitrogens is 4. The molecule has 14 heteroatoms. The second-order valence-corrected chi connectivity index (χ2v) is 10.8. The molecule has 0 bridgehead atoms. The lowest BCUT2D eigenvalue weighted by molar-refractivity contribution is 0.0964. The van der Waals surface area contributed by atoms with Crippen LogP contribution in [0.1, 0.15) is 18.5 Å². The average molecular weight is 552 g/mol. The number of carbonyl (C=O) groups is 1. The van der Waals surface area contributed by atoms with Crippen LogP contribution in [0.2, 0.25) is 5.02 Å². The molecular formula is C25H30ClN11O2. The molecule has 2 aliphatic heterocycles. The Morgan fingerprint density at radius 3 is 2.64 bits per heavy atom. The molecule has 3 N–H and O–H groups in total. The minimum atomic E-state index is -1.08. The smallest absolute Gasteiger partial charge is 0.411 e. The van der Waals surface area contributed by atoms with Gasteiger partial charge in [0.25, 0.3) is 0 Å². The van der Waals surface area contributed by atoms with Gasteiger partial charge in [-0.1, -0.05) is 11.6 Å². The summed E-state index contributed by atoms with van der Waals surface area (Å²) in [5.41, 5.74) is 2.41. The molecule has 3 fully saturated rings. The van der Waals surface area contributed by atoms with Gasteiger partial charge in [0, 0.05) is 58.4 Å². The highest BCUT2D eigenvalue weighted by molar-refractivity contribution is 6.36. The van der Waals surface area contributed by atoms with Crippen molar-refractivity contribution in [3.05, 3.63) is 29.0 Å². The van der Waals surface area contributed by atoms with Crippen molar-refractivity contribution in [2.75, 3.05) is 73.8 Å². The number of piperazine rings is 1. The van der Waals surface area contributed by atoms with Crippen LogP contribution < -0.4 is 20.4 Å². The van der Waals surface area contributed by atoms with Crippen molar-refractivity contribution in [3.63, 3.8) is 0 Å². The van der Waals surface area contributed by atoms with E-state index < -0.39 is 6.09 Å². The topological polar surface area (TPSA) is 141 Å². The number of imidazole rings is 1. The lowest BCUT2D eigenvalue weighted by Gasteiger charge is -2.49. The van der Waals surface area contributed by atoms with Gasteiger partial charge in [-0.25, -0.2) is 9.78 Å². The second-order valence-electron chi connectivity index (χ2n) is 10.4. The van der Waals surface area contributed by atoms with E-state index in [4.69, 9.17) is 11.6 Å². The largest absolute Gasteiger partial charge is 0.465 e. The number of halogens is 1. The monoisotopic (exact) mass is 551 g/mol. The molecule has 3 aromatic rings. The summed E-state index contributed by atoms with van der Waals surface area (Å²) in [5.74, 6) is 0.728. The first-order chi connectivity index (χ1) is 18.8. The predicted octanol–water partition coefficient (Wildman–Crippen LogP) is 2.52. The van der Waals surface area contributed by atoms with Crippen molar-refractivity contribution in [1.29, 1.82) is 5.26 Å². The first-order valence-corrected chi connectivity index (χ1v) is 13.4. The minimum absolute atomic E-state index is 0.210. The number of fused-ring (bicyclic) bond motifs is 1. The fraction of sp³-hybridized carbons (Fsp3) is 0.480. The summed E-state index contributed by atoms with van der Waals surface area (Å²) in [6.07, 6.45) is 2.45. The molecule has 39 heavy (non-hydrogen) atoms. The van der Waals surface area contributed by atoms with Crippen LogP contribution in [0.5, 0.6) is 0 Å². The first-order valence-electron chi connectivity index (χ1n) is 13.0. The van der Waals surface area contributed by atoms with Crippen molar-refractivity contribution in [1.82, 2.24) is 29.4 Å². The molecule has 0 unspecified atom stereocenters. The molecule has 0 spiro atoms. The number of nitriles is 1. The number of hydrogen-bond acceptors (Lipinski definition) is 10. The zero-order chi connectivity index (χ0) is 27.3. The quantitative estimate of drug-likeness (QED) is 0.399. The lowest BCUT2D eigenvalue weighted by atomic mass is 10.0. The summed E-state index contributed by atoms with van der Waals surface area (Å²) >= 11 is 6.93. The Balaban J connectivity index is 1.32. The Morgan fingerprint density at radius 1 is 1.23 bits per heavy atom. The summed E-state index contributed by atoms with van der Waals surface area (Å²) in [6, 6.07) is 6.30. The number of rotatable bonds is 7. The van der Waals surface area contributed by atoms with Crippen molar-refractivity contribution in [2.45, 2.75) is 24.9 Å². The van der Waals surface area contributed by atoms with E-state index in [1.807, 2.05) is 0 Å². The van der Waals surface area contributed by atoms with Crippen LogP contribution in [-0.2, 0) is 0 Å². The van der Waals surface area contributed by atoms with Crippen LogP contribution in [0.15, 0.2) is 18.3 Å². The number of benzene rings is 1. The van der Waals surface area contributed by atoms with Gasteiger partial charge >= 0.3 is 6.09 Å². The molecule has 0 atom stereocenters. The van der Waals surface area contributed by atoms with Gasteiger partial charge in [-0.3, -0.25) is 9.80 Å². The number of amides is 1. The molecule has 6 rings (SSSR count). The van der Waals surface area contributed by atoms with Gasteiger partial charge in [-0.2, -0.15) is 14.8 Å². The Morgan fingerprint density at radius 2 is 1.97 bits per heavy atom. The van der Waals surface area contributed by atoms with Crippen molar-refractivity contribution in [2.24, 2.45) is 0 Å². The van der Waals surface area contributed by atoms with Gasteiger partial charge < -0.3 is 25.5 Å². The third-order valence-corrected chi connectivity index (χ3v) is 8.01. The fourth-order valence-electron chi connectivity index (χ4n) is 4.94. The number of nitrogens with one attached hydrogen (secondary N) is 2. The Bertz CT molecular complexity index is 1450. The fourth-order valence-corrected chi connectivity index (χ4v) is 5.21. The van der Waals surface area contributed by atoms with Crippen molar-refractivity contribution < 1.29 is 9.90 Å². The molecular weight excluding hydrogens is 522 g/mol. The average Bonchev–Trinajstić information content (AvgIpc) is 3.61. The van der Waals surface area contributed by atoms with Gasteiger partial charge in [0.05, 0.1) is 28.3 Å². The van der Waals surface area contributed by atoms with Crippen LogP contribution in [0, 0.1) is 11.3 Å². The molecule has 13 nitrogen and oxygen atoms in total. The Kier molecular flexibility index (Phi) is 6.54. The van der Waals surface area contributed by atoms with Crippen LogP contribution in [-0.4, -0.2) is 106 Å². The highest BCUT2D eigenvalue weighted by atomic mass is 35.5. The Hall–Kier alpha value is -3.86. The summed E-state index contributed by atoms with van der Waals surface area (Å²) in [4.78, 5) is 28.9. The standard InChI is InChI=1S/C25H30ClN11O2/c1-33-5-7-35(8-6-33)18-13-36(14-18)20-10-16(34(2)25(38)39)9-19(21(20)26)30-24-31-22(29-15-3-4-15)23-28-12-17(11-27)37(23)32-24/h9-10,12,15,18H,3-8,13-14H2,1-2H3,(H,38,39)(H2,29,30,31,32). The molecule has 2 aromatic heterocycles. The van der Waals surface area contributed by atoms with Crippen LogP contribution in [0.4, 0.5) is 33.6 Å². The zero-order valence-electron chi connectivity index (χ0n) is 21.8. The van der Waals surface area contributed by atoms with Crippen LogP contribution in [0.25, 0.3) is 5.65 Å². The number of anilines is 5. The molecule has 3 aliphatic rings. The maximum Gasteiger partial charge on any atom is 0.411 e. The molecule has 1 aliphatic carbocycles. The molecule has 0 radical (unpaired) electrons. The normalized spacial score (nSPS) is 18.6. The molecule has 1 aromatic carbocycles. The van der Waals surface area contributed by atoms with E-state index in [0.717, 1.165) is 62.7 Å². The molecule has 204 valence electrons. The van der Waals surface area contributed by atoms with Gasteiger partial charge in [0.2, 0.25) is 5.95 Å². The van der Waals surface area contributed by atoms with Crippen molar-refractivity contribution >= 4 is 52.2 Å². The summed E-state index contributed by atoms with van der Waals surface area (Å²) < 4.78 is 1.44. The predicted molar refractivity (Wildman–Crippen MR) is 148 cm³/mol. The number of nitrogens with zero attached hydrogens (tertiary/aromatic N) is 9. The Labute approximate surface area is 230 Å². The van der Waals surface area contributed by atoms with E-state index in [1.54, 1.807) is 12.1 Å². The van der Waals surface area contributed by atoms with E-state index in [0.29, 0.717) is 39.9 Å². The third-order valence-electron chi connectivity index (χ3n) is 7.61. The van der Waals surface area contributed by atoms with Gasteiger partial charge in [0.1, 0.15) is 6.07 Å². The van der Waals surface area contributed by atoms with Crippen molar-refractivity contribution in [3.8, 4) is 6.07 Å². The first kappa shape index (κ1) is 25.4. The van der Waals surface area contributed by atoms with E-state index in [2.05, 4.69) is 53.5 Å². The third kappa shape index (κ3) is 4.98. The molecule has 1 amide bonds. The van der Waals surface area contributed by atoms with E-state index in [1.165, 1.54) is 17.8 Å². The van der Waals surface area contributed by atoms with E-state index in [9.17, 15) is 15.2 Å². The SMILES string of the molecule is CN1CCN(C2CN(c3cc(N(C)C(=O)O)cc(Nc4nc(NC5CC5)c5ncc(C#N)n5n4)c3Cl)C2)CC1. The number of likely N-dealkylation sites (N-methyl/N-ethyl adjacent to an activating group) is 1. The molecule has 4 heterocycles. The van der Waals surface area contributed by atoms with Gasteiger partial charge in [0.15, 0.2) is 17.2 Å². The van der Waals surface area contributed by atoms with Crippen LogP contribution >= 0.6 is 11.6 Å². The van der Waals surface area contributed by atoms with E-state index in [-0.39, 0.29) is 11.6 Å².